The van der Waals surface area contributed by atoms with Crippen LogP contribution in [0.15, 0.2) is 23.2 Å². The standard InChI is InChI=1S/C18H27N5O2/c1-12-15(13(2)23(3)22-12)8-9-20-18(19)21-11-14-6-7-16(24-4)17(10-14)25-5/h6-7,10H,8-9,11H2,1-5H3,(H3,19,20,21). The molecule has 1 aromatic heterocycles. The van der Waals surface area contributed by atoms with E-state index in [4.69, 9.17) is 15.2 Å². The molecule has 0 bridgehead atoms. The van der Waals surface area contributed by atoms with Gasteiger partial charge in [-0.2, -0.15) is 5.10 Å². The van der Waals surface area contributed by atoms with Crippen molar-refractivity contribution in [2.45, 2.75) is 26.8 Å². The molecule has 0 unspecified atom stereocenters. The van der Waals surface area contributed by atoms with Crippen LogP contribution in [-0.2, 0) is 20.0 Å². The largest absolute Gasteiger partial charge is 0.493 e. The summed E-state index contributed by atoms with van der Waals surface area (Å²) >= 11 is 0. The van der Waals surface area contributed by atoms with E-state index in [1.165, 1.54) is 11.3 Å². The second-order valence-electron chi connectivity index (χ2n) is 5.84. The van der Waals surface area contributed by atoms with Crippen molar-refractivity contribution in [3.05, 3.63) is 40.7 Å². The van der Waals surface area contributed by atoms with E-state index in [2.05, 4.69) is 22.3 Å². The second kappa shape index (κ2) is 8.41. The summed E-state index contributed by atoms with van der Waals surface area (Å²) in [5.74, 6) is 1.81. The first kappa shape index (κ1) is 18.6. The van der Waals surface area contributed by atoms with Gasteiger partial charge in [0.05, 0.1) is 26.5 Å². The highest BCUT2D eigenvalue weighted by atomic mass is 16.5. The zero-order valence-electron chi connectivity index (χ0n) is 15.6. The molecule has 136 valence electrons. The van der Waals surface area contributed by atoms with Crippen molar-refractivity contribution in [2.24, 2.45) is 17.8 Å². The first-order chi connectivity index (χ1) is 12.0. The maximum Gasteiger partial charge on any atom is 0.188 e. The van der Waals surface area contributed by atoms with Gasteiger partial charge in [-0.05, 0) is 43.5 Å². The van der Waals surface area contributed by atoms with Gasteiger partial charge in [-0.1, -0.05) is 6.07 Å². The molecular weight excluding hydrogens is 318 g/mol. The molecule has 0 aliphatic carbocycles. The fourth-order valence-electron chi connectivity index (χ4n) is 2.71. The summed E-state index contributed by atoms with van der Waals surface area (Å²) in [6.45, 7) is 5.29. The van der Waals surface area contributed by atoms with Crippen LogP contribution in [0.4, 0.5) is 0 Å². The van der Waals surface area contributed by atoms with Crippen LogP contribution in [-0.4, -0.2) is 36.5 Å². The molecule has 2 aromatic rings. The van der Waals surface area contributed by atoms with Crippen molar-refractivity contribution < 1.29 is 9.47 Å². The molecule has 0 radical (unpaired) electrons. The van der Waals surface area contributed by atoms with E-state index < -0.39 is 0 Å². The number of guanidine groups is 1. The van der Waals surface area contributed by atoms with Gasteiger partial charge in [0.25, 0.3) is 0 Å². The fourth-order valence-corrected chi connectivity index (χ4v) is 2.71. The summed E-state index contributed by atoms with van der Waals surface area (Å²) in [5.41, 5.74) is 10.4. The molecule has 0 aliphatic heterocycles. The lowest BCUT2D eigenvalue weighted by Crippen LogP contribution is -2.33. The summed E-state index contributed by atoms with van der Waals surface area (Å²) in [4.78, 5) is 4.37. The Morgan fingerprint density at radius 2 is 1.96 bits per heavy atom. The smallest absolute Gasteiger partial charge is 0.188 e. The monoisotopic (exact) mass is 345 g/mol. The number of benzene rings is 1. The Labute approximate surface area is 148 Å². The number of rotatable bonds is 7. The van der Waals surface area contributed by atoms with E-state index >= 15 is 0 Å². The lowest BCUT2D eigenvalue weighted by Gasteiger charge is -2.09. The minimum absolute atomic E-state index is 0.425. The number of aliphatic imine (C=N–C) groups is 1. The molecular formula is C18H27N5O2. The molecule has 0 saturated heterocycles. The Hall–Kier alpha value is -2.70. The van der Waals surface area contributed by atoms with Gasteiger partial charge in [-0.15, -0.1) is 0 Å². The summed E-state index contributed by atoms with van der Waals surface area (Å²) in [7, 11) is 5.19. The quantitative estimate of drug-likeness (QED) is 0.589. The third kappa shape index (κ3) is 4.65. The van der Waals surface area contributed by atoms with Gasteiger partial charge in [0.1, 0.15) is 0 Å². The maximum atomic E-state index is 5.96. The van der Waals surface area contributed by atoms with Crippen LogP contribution in [0.3, 0.4) is 0 Å². The van der Waals surface area contributed by atoms with Gasteiger partial charge < -0.3 is 20.5 Å². The van der Waals surface area contributed by atoms with Gasteiger partial charge in [0.15, 0.2) is 17.5 Å². The summed E-state index contributed by atoms with van der Waals surface area (Å²) < 4.78 is 12.4. The minimum Gasteiger partial charge on any atom is -0.493 e. The predicted molar refractivity (Wildman–Crippen MR) is 99.3 cm³/mol. The van der Waals surface area contributed by atoms with Crippen molar-refractivity contribution in [3.8, 4) is 11.5 Å². The molecule has 7 heteroatoms. The molecule has 0 fully saturated rings. The average Bonchev–Trinajstić information content (AvgIpc) is 2.85. The number of aromatic nitrogens is 2. The molecule has 1 heterocycles. The van der Waals surface area contributed by atoms with E-state index in [1.807, 2.05) is 36.9 Å². The zero-order valence-corrected chi connectivity index (χ0v) is 15.6. The number of hydrogen-bond donors (Lipinski definition) is 2. The lowest BCUT2D eigenvalue weighted by molar-refractivity contribution is 0.354. The third-order valence-electron chi connectivity index (χ3n) is 4.22. The van der Waals surface area contributed by atoms with Crippen molar-refractivity contribution in [1.82, 2.24) is 15.1 Å². The first-order valence-electron chi connectivity index (χ1n) is 8.20. The molecule has 0 aliphatic rings. The zero-order chi connectivity index (χ0) is 18.4. The number of nitrogens with one attached hydrogen (secondary N) is 1. The number of nitrogens with two attached hydrogens (primary N) is 1. The summed E-state index contributed by atoms with van der Waals surface area (Å²) in [5, 5.41) is 7.57. The van der Waals surface area contributed by atoms with E-state index in [9.17, 15) is 0 Å². The van der Waals surface area contributed by atoms with E-state index in [-0.39, 0.29) is 0 Å². The van der Waals surface area contributed by atoms with Crippen LogP contribution >= 0.6 is 0 Å². The molecule has 3 N–H and O–H groups in total. The van der Waals surface area contributed by atoms with Gasteiger partial charge in [-0.25, -0.2) is 4.99 Å². The average molecular weight is 345 g/mol. The first-order valence-corrected chi connectivity index (χ1v) is 8.20. The van der Waals surface area contributed by atoms with E-state index in [1.54, 1.807) is 14.2 Å². The van der Waals surface area contributed by atoms with Crippen LogP contribution in [0.2, 0.25) is 0 Å². The molecule has 7 nitrogen and oxygen atoms in total. The Bertz CT molecular complexity index is 752. The third-order valence-corrected chi connectivity index (χ3v) is 4.22. The number of ether oxygens (including phenoxy) is 2. The lowest BCUT2D eigenvalue weighted by atomic mass is 10.1. The Morgan fingerprint density at radius 3 is 2.56 bits per heavy atom. The second-order valence-corrected chi connectivity index (χ2v) is 5.84. The SMILES string of the molecule is COc1ccc(CN=C(N)NCCc2c(C)nn(C)c2C)cc1OC. The summed E-state index contributed by atoms with van der Waals surface area (Å²) in [6.07, 6.45) is 0.859. The highest BCUT2D eigenvalue weighted by Gasteiger charge is 2.08. The Kier molecular flexibility index (Phi) is 6.27. The minimum atomic E-state index is 0.425. The van der Waals surface area contributed by atoms with Crippen LogP contribution in [0, 0.1) is 13.8 Å². The van der Waals surface area contributed by atoms with Crippen LogP contribution < -0.4 is 20.5 Å². The van der Waals surface area contributed by atoms with E-state index in [0.717, 1.165) is 17.7 Å². The van der Waals surface area contributed by atoms with Crippen molar-refractivity contribution in [2.75, 3.05) is 20.8 Å². The molecule has 0 amide bonds. The Balaban J connectivity index is 1.89. The van der Waals surface area contributed by atoms with Crippen LogP contribution in [0.5, 0.6) is 11.5 Å². The molecule has 2 rings (SSSR count). The number of nitrogens with zero attached hydrogens (tertiary/aromatic N) is 3. The van der Waals surface area contributed by atoms with Crippen LogP contribution in [0.25, 0.3) is 0 Å². The normalized spacial score (nSPS) is 11.5. The molecule has 0 atom stereocenters. The van der Waals surface area contributed by atoms with Gasteiger partial charge in [-0.3, -0.25) is 4.68 Å². The van der Waals surface area contributed by atoms with E-state index in [0.29, 0.717) is 30.5 Å². The number of hydrogen-bond acceptors (Lipinski definition) is 4. The van der Waals surface area contributed by atoms with Gasteiger partial charge in [0.2, 0.25) is 0 Å². The molecule has 25 heavy (non-hydrogen) atoms. The summed E-state index contributed by atoms with van der Waals surface area (Å²) in [6, 6.07) is 5.71. The van der Waals surface area contributed by atoms with Gasteiger partial charge >= 0.3 is 0 Å². The predicted octanol–water partition coefficient (Wildman–Crippen LogP) is 1.70. The highest BCUT2D eigenvalue weighted by molar-refractivity contribution is 5.77. The molecule has 1 aromatic carbocycles. The van der Waals surface area contributed by atoms with Crippen molar-refractivity contribution in [1.29, 1.82) is 0 Å². The maximum absolute atomic E-state index is 5.96. The highest BCUT2D eigenvalue weighted by Crippen LogP contribution is 2.27. The van der Waals surface area contributed by atoms with Gasteiger partial charge in [0, 0.05) is 19.3 Å². The number of methoxy groups -OCH3 is 2. The Morgan fingerprint density at radius 1 is 1.24 bits per heavy atom. The molecule has 0 saturated carbocycles. The van der Waals surface area contributed by atoms with Crippen molar-refractivity contribution >= 4 is 5.96 Å². The number of aryl methyl sites for hydroxylation is 2. The fraction of sp³-hybridized carbons (Fsp3) is 0.444. The topological polar surface area (TPSA) is 86.7 Å². The molecule has 0 spiro atoms. The van der Waals surface area contributed by atoms with Crippen LogP contribution in [0.1, 0.15) is 22.5 Å². The van der Waals surface area contributed by atoms with Crippen molar-refractivity contribution in [3.63, 3.8) is 0 Å².